The van der Waals surface area contributed by atoms with Crippen molar-refractivity contribution in [3.05, 3.63) is 29.8 Å². The van der Waals surface area contributed by atoms with Gasteiger partial charge in [-0.05, 0) is 31.9 Å². The first-order valence-electron chi connectivity index (χ1n) is 8.78. The molecule has 0 aromatic heterocycles. The normalized spacial score (nSPS) is 21.8. The number of halogens is 2. The minimum absolute atomic E-state index is 0.185. The molecular formula is C18H25F2N3O. The van der Waals surface area contributed by atoms with Crippen LogP contribution < -0.4 is 5.32 Å². The van der Waals surface area contributed by atoms with Crippen molar-refractivity contribution in [2.45, 2.75) is 44.7 Å². The molecule has 24 heavy (non-hydrogen) atoms. The van der Waals surface area contributed by atoms with E-state index in [1.54, 1.807) is 0 Å². The summed E-state index contributed by atoms with van der Waals surface area (Å²) in [5.41, 5.74) is 0.287. The van der Waals surface area contributed by atoms with Crippen molar-refractivity contribution in [2.75, 3.05) is 31.5 Å². The number of hydrogen-bond acceptors (Lipinski definition) is 3. The highest BCUT2D eigenvalue weighted by Crippen LogP contribution is 2.24. The Morgan fingerprint density at radius 1 is 1.12 bits per heavy atom. The SMILES string of the molecule is CC(C(=O)Nc1ccc(F)c(F)c1)N1CCN(C2CCCC2)CC1. The maximum absolute atomic E-state index is 13.2. The third-order valence-corrected chi connectivity index (χ3v) is 5.30. The zero-order chi connectivity index (χ0) is 17.1. The average Bonchev–Trinajstić information content (AvgIpc) is 3.12. The minimum atomic E-state index is -0.953. The Kier molecular flexibility index (Phi) is 5.46. The van der Waals surface area contributed by atoms with Gasteiger partial charge in [-0.25, -0.2) is 8.78 Å². The predicted molar refractivity (Wildman–Crippen MR) is 89.9 cm³/mol. The highest BCUT2D eigenvalue weighted by atomic mass is 19.2. The highest BCUT2D eigenvalue weighted by molar-refractivity contribution is 5.94. The first kappa shape index (κ1) is 17.3. The summed E-state index contributed by atoms with van der Waals surface area (Å²) < 4.78 is 26.2. The zero-order valence-electron chi connectivity index (χ0n) is 14.1. The summed E-state index contributed by atoms with van der Waals surface area (Å²) in [5.74, 6) is -2.05. The number of hydrogen-bond donors (Lipinski definition) is 1. The average molecular weight is 337 g/mol. The summed E-state index contributed by atoms with van der Waals surface area (Å²) in [7, 11) is 0. The van der Waals surface area contributed by atoms with Crippen LogP contribution in [-0.2, 0) is 4.79 Å². The van der Waals surface area contributed by atoms with Gasteiger partial charge in [0.1, 0.15) is 0 Å². The van der Waals surface area contributed by atoms with E-state index in [1.165, 1.54) is 31.7 Å². The Morgan fingerprint density at radius 2 is 1.79 bits per heavy atom. The summed E-state index contributed by atoms with van der Waals surface area (Å²) in [6, 6.07) is 3.84. The molecule has 1 unspecified atom stereocenters. The van der Waals surface area contributed by atoms with Gasteiger partial charge in [0.25, 0.3) is 0 Å². The summed E-state index contributed by atoms with van der Waals surface area (Å²) in [6.45, 7) is 5.58. The van der Waals surface area contributed by atoms with Crippen LogP contribution in [0, 0.1) is 11.6 Å². The van der Waals surface area contributed by atoms with Gasteiger partial charge >= 0.3 is 0 Å². The molecule has 2 aliphatic rings. The van der Waals surface area contributed by atoms with Crippen LogP contribution >= 0.6 is 0 Å². The summed E-state index contributed by atoms with van der Waals surface area (Å²) in [4.78, 5) is 17.1. The second kappa shape index (κ2) is 7.57. The van der Waals surface area contributed by atoms with E-state index in [1.807, 2.05) is 6.92 Å². The number of anilines is 1. The predicted octanol–water partition coefficient (Wildman–Crippen LogP) is 2.85. The lowest BCUT2D eigenvalue weighted by atomic mass is 10.1. The number of carbonyl (C=O) groups excluding carboxylic acids is 1. The number of amides is 1. The third kappa shape index (κ3) is 3.92. The Morgan fingerprint density at radius 3 is 2.42 bits per heavy atom. The third-order valence-electron chi connectivity index (χ3n) is 5.30. The molecule has 1 aliphatic heterocycles. The Bertz CT molecular complexity index is 582. The second-order valence-electron chi connectivity index (χ2n) is 6.80. The molecule has 1 saturated carbocycles. The fourth-order valence-electron chi connectivity index (χ4n) is 3.75. The number of nitrogens with zero attached hydrogens (tertiary/aromatic N) is 2. The van der Waals surface area contributed by atoms with Crippen molar-refractivity contribution in [2.24, 2.45) is 0 Å². The molecule has 6 heteroatoms. The van der Waals surface area contributed by atoms with Crippen LogP contribution in [0.5, 0.6) is 0 Å². The Balaban J connectivity index is 1.51. The molecule has 0 bridgehead atoms. The van der Waals surface area contributed by atoms with Gasteiger partial charge in [-0.2, -0.15) is 0 Å². The van der Waals surface area contributed by atoms with Crippen molar-refractivity contribution in [1.29, 1.82) is 0 Å². The van der Waals surface area contributed by atoms with E-state index in [0.29, 0.717) is 0 Å². The largest absolute Gasteiger partial charge is 0.325 e. The molecule has 1 atom stereocenters. The maximum Gasteiger partial charge on any atom is 0.241 e. The van der Waals surface area contributed by atoms with Crippen LogP contribution in [0.3, 0.4) is 0 Å². The van der Waals surface area contributed by atoms with E-state index in [2.05, 4.69) is 15.1 Å². The minimum Gasteiger partial charge on any atom is -0.325 e. The van der Waals surface area contributed by atoms with Crippen molar-refractivity contribution >= 4 is 11.6 Å². The summed E-state index contributed by atoms with van der Waals surface area (Å²) in [6.07, 6.45) is 5.26. The van der Waals surface area contributed by atoms with Crippen LogP contribution in [0.1, 0.15) is 32.6 Å². The number of carbonyl (C=O) groups is 1. The van der Waals surface area contributed by atoms with Gasteiger partial charge in [-0.15, -0.1) is 0 Å². The lowest BCUT2D eigenvalue weighted by molar-refractivity contribution is -0.121. The quantitative estimate of drug-likeness (QED) is 0.918. The van der Waals surface area contributed by atoms with E-state index >= 15 is 0 Å². The molecule has 0 radical (unpaired) electrons. The van der Waals surface area contributed by atoms with E-state index in [4.69, 9.17) is 0 Å². The van der Waals surface area contributed by atoms with E-state index in [9.17, 15) is 13.6 Å². The first-order chi connectivity index (χ1) is 11.5. The van der Waals surface area contributed by atoms with Gasteiger partial charge in [0.05, 0.1) is 6.04 Å². The monoisotopic (exact) mass is 337 g/mol. The lowest BCUT2D eigenvalue weighted by Crippen LogP contribution is -2.54. The number of piperazine rings is 1. The van der Waals surface area contributed by atoms with E-state index in [-0.39, 0.29) is 17.6 Å². The standard InChI is InChI=1S/C18H25F2N3O/c1-13(18(24)21-14-6-7-16(19)17(20)12-14)22-8-10-23(11-9-22)15-4-2-3-5-15/h6-7,12-13,15H,2-5,8-11H2,1H3,(H,21,24). The van der Waals surface area contributed by atoms with Gasteiger partial charge in [0.15, 0.2) is 11.6 Å². The molecule has 2 fully saturated rings. The molecule has 1 amide bonds. The molecule has 132 valence electrons. The van der Waals surface area contributed by atoms with Crippen molar-refractivity contribution < 1.29 is 13.6 Å². The highest BCUT2D eigenvalue weighted by Gasteiger charge is 2.29. The Hall–Kier alpha value is -1.53. The molecule has 1 aromatic rings. The van der Waals surface area contributed by atoms with Crippen LogP contribution in [-0.4, -0.2) is 54.0 Å². The van der Waals surface area contributed by atoms with Gasteiger partial charge in [0, 0.05) is 44.0 Å². The zero-order valence-corrected chi connectivity index (χ0v) is 14.1. The van der Waals surface area contributed by atoms with Gasteiger partial charge in [0.2, 0.25) is 5.91 Å². The van der Waals surface area contributed by atoms with Crippen LogP contribution in [0.4, 0.5) is 14.5 Å². The maximum atomic E-state index is 13.2. The molecule has 0 spiro atoms. The molecule has 1 saturated heterocycles. The number of rotatable bonds is 4. The molecule has 4 nitrogen and oxygen atoms in total. The summed E-state index contributed by atoms with van der Waals surface area (Å²) in [5, 5.41) is 2.67. The number of nitrogens with one attached hydrogen (secondary N) is 1. The molecule has 1 heterocycles. The van der Waals surface area contributed by atoms with Gasteiger partial charge in [-0.1, -0.05) is 12.8 Å². The van der Waals surface area contributed by atoms with Crippen molar-refractivity contribution in [3.8, 4) is 0 Å². The molecule has 1 aliphatic carbocycles. The first-order valence-corrected chi connectivity index (χ1v) is 8.78. The van der Waals surface area contributed by atoms with E-state index < -0.39 is 11.6 Å². The Labute approximate surface area is 141 Å². The topological polar surface area (TPSA) is 35.6 Å². The smallest absolute Gasteiger partial charge is 0.241 e. The second-order valence-corrected chi connectivity index (χ2v) is 6.80. The molecule has 1 aromatic carbocycles. The molecule has 3 rings (SSSR count). The number of benzene rings is 1. The van der Waals surface area contributed by atoms with Crippen molar-refractivity contribution in [1.82, 2.24) is 9.80 Å². The summed E-state index contributed by atoms with van der Waals surface area (Å²) >= 11 is 0. The van der Waals surface area contributed by atoms with Gasteiger partial charge < -0.3 is 5.32 Å². The van der Waals surface area contributed by atoms with Crippen molar-refractivity contribution in [3.63, 3.8) is 0 Å². The van der Waals surface area contributed by atoms with Gasteiger partial charge in [-0.3, -0.25) is 14.6 Å². The van der Waals surface area contributed by atoms with Crippen LogP contribution in [0.25, 0.3) is 0 Å². The van der Waals surface area contributed by atoms with E-state index in [0.717, 1.165) is 44.4 Å². The lowest BCUT2D eigenvalue weighted by Gasteiger charge is -2.40. The van der Waals surface area contributed by atoms with Crippen LogP contribution in [0.2, 0.25) is 0 Å². The fourth-order valence-corrected chi connectivity index (χ4v) is 3.75. The fraction of sp³-hybridized carbons (Fsp3) is 0.611. The molecule has 1 N–H and O–H groups in total. The van der Waals surface area contributed by atoms with Crippen LogP contribution in [0.15, 0.2) is 18.2 Å². The molecular weight excluding hydrogens is 312 g/mol.